The van der Waals surface area contributed by atoms with Crippen LogP contribution in [-0.2, 0) is 0 Å². The largest absolute Gasteiger partial charge is 0.497 e. The van der Waals surface area contributed by atoms with Crippen molar-refractivity contribution in [1.82, 2.24) is 0 Å². The molecule has 0 aliphatic rings. The van der Waals surface area contributed by atoms with Crippen molar-refractivity contribution in [2.24, 2.45) is 5.73 Å². The van der Waals surface area contributed by atoms with Gasteiger partial charge in [-0.05, 0) is 17.7 Å². The summed E-state index contributed by atoms with van der Waals surface area (Å²) in [6, 6.07) is 2.24. The van der Waals surface area contributed by atoms with Gasteiger partial charge in [-0.1, -0.05) is 12.1 Å². The number of alkyl halides is 5. The van der Waals surface area contributed by atoms with Gasteiger partial charge in [0.2, 0.25) is 0 Å². The first-order valence-electron chi connectivity index (χ1n) is 4.54. The molecule has 0 saturated heterocycles. The standard InChI is InChI=1S/C10H10F5NO/c1-17-7-4-2-6(3-5-7)8(16)9(11,12)10(13,14)15/h2-5,8H,16H2,1H3/t8-/m1/s1. The number of rotatable bonds is 3. The predicted octanol–water partition coefficient (Wildman–Crippen LogP) is 2.89. The molecule has 0 heterocycles. The molecule has 96 valence electrons. The van der Waals surface area contributed by atoms with Crippen LogP contribution < -0.4 is 10.5 Å². The number of hydrogen-bond acceptors (Lipinski definition) is 2. The van der Waals surface area contributed by atoms with Crippen molar-refractivity contribution in [2.75, 3.05) is 7.11 Å². The summed E-state index contributed by atoms with van der Waals surface area (Å²) in [7, 11) is 1.35. The van der Waals surface area contributed by atoms with Crippen molar-refractivity contribution >= 4 is 0 Å². The second-order valence-corrected chi connectivity index (χ2v) is 3.37. The average molecular weight is 255 g/mol. The molecular formula is C10H10F5NO. The molecule has 0 unspecified atom stereocenters. The zero-order chi connectivity index (χ0) is 13.3. The zero-order valence-electron chi connectivity index (χ0n) is 8.76. The Morgan fingerprint density at radius 1 is 1.06 bits per heavy atom. The third kappa shape index (κ3) is 2.66. The third-order valence-electron chi connectivity index (χ3n) is 2.24. The predicted molar refractivity (Wildman–Crippen MR) is 50.9 cm³/mol. The van der Waals surface area contributed by atoms with Crippen LogP contribution in [0.5, 0.6) is 5.75 Å². The Hall–Kier alpha value is -1.37. The van der Waals surface area contributed by atoms with E-state index in [1.54, 1.807) is 0 Å². The van der Waals surface area contributed by atoms with E-state index in [1.165, 1.54) is 19.2 Å². The smallest absolute Gasteiger partial charge is 0.455 e. The van der Waals surface area contributed by atoms with Crippen LogP contribution in [-0.4, -0.2) is 19.2 Å². The fourth-order valence-corrected chi connectivity index (χ4v) is 1.20. The van der Waals surface area contributed by atoms with Crippen LogP contribution in [0, 0.1) is 0 Å². The van der Waals surface area contributed by atoms with E-state index < -0.39 is 18.1 Å². The van der Waals surface area contributed by atoms with Crippen molar-refractivity contribution in [2.45, 2.75) is 18.1 Å². The number of hydrogen-bond donors (Lipinski definition) is 1. The number of methoxy groups -OCH3 is 1. The van der Waals surface area contributed by atoms with Crippen LogP contribution in [0.2, 0.25) is 0 Å². The van der Waals surface area contributed by atoms with Gasteiger partial charge in [-0.3, -0.25) is 0 Å². The molecule has 2 nitrogen and oxygen atoms in total. The molecule has 0 fully saturated rings. The molecule has 1 aromatic rings. The van der Waals surface area contributed by atoms with Gasteiger partial charge in [0.15, 0.2) is 0 Å². The van der Waals surface area contributed by atoms with Crippen LogP contribution in [0.3, 0.4) is 0 Å². The number of ether oxygens (including phenoxy) is 1. The van der Waals surface area contributed by atoms with Crippen molar-refractivity contribution in [3.05, 3.63) is 29.8 Å². The summed E-state index contributed by atoms with van der Waals surface area (Å²) in [5.41, 5.74) is 4.63. The lowest BCUT2D eigenvalue weighted by molar-refractivity contribution is -0.291. The van der Waals surface area contributed by atoms with E-state index in [4.69, 9.17) is 10.5 Å². The lowest BCUT2D eigenvalue weighted by atomic mass is 10.0. The number of nitrogens with two attached hydrogens (primary N) is 1. The van der Waals surface area contributed by atoms with E-state index in [0.29, 0.717) is 5.75 Å². The van der Waals surface area contributed by atoms with Gasteiger partial charge in [0.25, 0.3) is 0 Å². The third-order valence-corrected chi connectivity index (χ3v) is 2.24. The highest BCUT2D eigenvalue weighted by Crippen LogP contribution is 2.43. The highest BCUT2D eigenvalue weighted by molar-refractivity contribution is 5.30. The van der Waals surface area contributed by atoms with E-state index in [2.05, 4.69) is 0 Å². The van der Waals surface area contributed by atoms with Gasteiger partial charge in [0.1, 0.15) is 11.8 Å². The van der Waals surface area contributed by atoms with Gasteiger partial charge in [-0.15, -0.1) is 0 Å². The van der Waals surface area contributed by atoms with E-state index in [9.17, 15) is 22.0 Å². The zero-order valence-corrected chi connectivity index (χ0v) is 8.76. The van der Waals surface area contributed by atoms with E-state index >= 15 is 0 Å². The monoisotopic (exact) mass is 255 g/mol. The van der Waals surface area contributed by atoms with Gasteiger partial charge in [0, 0.05) is 0 Å². The van der Waals surface area contributed by atoms with Crippen molar-refractivity contribution in [3.8, 4) is 5.75 Å². The van der Waals surface area contributed by atoms with Crippen molar-refractivity contribution in [1.29, 1.82) is 0 Å². The molecule has 1 aromatic carbocycles. The minimum absolute atomic E-state index is 0.312. The first kappa shape index (κ1) is 13.7. The van der Waals surface area contributed by atoms with Gasteiger partial charge < -0.3 is 10.5 Å². The lowest BCUT2D eigenvalue weighted by Gasteiger charge is -2.25. The fraction of sp³-hybridized carbons (Fsp3) is 0.400. The second-order valence-electron chi connectivity index (χ2n) is 3.37. The van der Waals surface area contributed by atoms with Crippen LogP contribution in [0.25, 0.3) is 0 Å². The number of benzene rings is 1. The first-order chi connectivity index (χ1) is 7.70. The molecule has 7 heteroatoms. The highest BCUT2D eigenvalue weighted by Gasteiger charge is 2.61. The molecule has 0 amide bonds. The van der Waals surface area contributed by atoms with E-state index in [0.717, 1.165) is 12.1 Å². The maximum atomic E-state index is 12.9. The van der Waals surface area contributed by atoms with Gasteiger partial charge >= 0.3 is 12.1 Å². The number of halogens is 5. The van der Waals surface area contributed by atoms with E-state index in [-0.39, 0.29) is 5.56 Å². The maximum absolute atomic E-state index is 12.9. The van der Waals surface area contributed by atoms with Crippen LogP contribution in [0.1, 0.15) is 11.6 Å². The fourth-order valence-electron chi connectivity index (χ4n) is 1.20. The van der Waals surface area contributed by atoms with Crippen molar-refractivity contribution < 1.29 is 26.7 Å². The van der Waals surface area contributed by atoms with E-state index in [1.807, 2.05) is 0 Å². The Morgan fingerprint density at radius 2 is 1.53 bits per heavy atom. The van der Waals surface area contributed by atoms with Gasteiger partial charge in [-0.2, -0.15) is 22.0 Å². The Kier molecular flexibility index (Phi) is 3.61. The topological polar surface area (TPSA) is 35.2 Å². The molecule has 0 saturated carbocycles. The molecule has 1 rings (SSSR count). The quantitative estimate of drug-likeness (QED) is 0.843. The van der Waals surface area contributed by atoms with Crippen molar-refractivity contribution in [3.63, 3.8) is 0 Å². The maximum Gasteiger partial charge on any atom is 0.455 e. The lowest BCUT2D eigenvalue weighted by Crippen LogP contribution is -2.45. The Balaban J connectivity index is 2.99. The Bertz CT molecular complexity index is 373. The summed E-state index contributed by atoms with van der Waals surface area (Å²) < 4.78 is 66.8. The summed E-state index contributed by atoms with van der Waals surface area (Å²) in [6.45, 7) is 0. The molecular weight excluding hydrogens is 245 g/mol. The molecule has 0 aliphatic heterocycles. The summed E-state index contributed by atoms with van der Waals surface area (Å²) in [5.74, 6) is -4.63. The first-order valence-corrected chi connectivity index (χ1v) is 4.54. The molecule has 0 bridgehead atoms. The average Bonchev–Trinajstić information content (AvgIpc) is 2.26. The Morgan fingerprint density at radius 3 is 1.88 bits per heavy atom. The van der Waals surface area contributed by atoms with Gasteiger partial charge in [0.05, 0.1) is 7.11 Å². The molecule has 0 aliphatic carbocycles. The van der Waals surface area contributed by atoms with Crippen LogP contribution in [0.15, 0.2) is 24.3 Å². The molecule has 0 spiro atoms. The normalized spacial score (nSPS) is 14.5. The molecule has 0 aromatic heterocycles. The molecule has 17 heavy (non-hydrogen) atoms. The minimum Gasteiger partial charge on any atom is -0.497 e. The highest BCUT2D eigenvalue weighted by atomic mass is 19.4. The summed E-state index contributed by atoms with van der Waals surface area (Å²) in [4.78, 5) is 0. The molecule has 1 atom stereocenters. The molecule has 2 N–H and O–H groups in total. The van der Waals surface area contributed by atoms with Crippen LogP contribution >= 0.6 is 0 Å². The SMILES string of the molecule is COc1ccc([C@@H](N)C(F)(F)C(F)(F)F)cc1. The Labute approximate surface area is 94.2 Å². The van der Waals surface area contributed by atoms with Gasteiger partial charge in [-0.25, -0.2) is 0 Å². The summed E-state index contributed by atoms with van der Waals surface area (Å²) >= 11 is 0. The summed E-state index contributed by atoms with van der Waals surface area (Å²) in [5, 5.41) is 0. The second kappa shape index (κ2) is 4.48. The summed E-state index contributed by atoms with van der Waals surface area (Å²) in [6.07, 6.45) is -5.67. The minimum atomic E-state index is -5.67. The molecule has 0 radical (unpaired) electrons. The van der Waals surface area contributed by atoms with Crippen LogP contribution in [0.4, 0.5) is 22.0 Å².